The quantitative estimate of drug-likeness (QED) is 0.911. The lowest BCUT2D eigenvalue weighted by atomic mass is 10.0. The van der Waals surface area contributed by atoms with Gasteiger partial charge in [-0.2, -0.15) is 0 Å². The predicted octanol–water partition coefficient (Wildman–Crippen LogP) is 1.68. The van der Waals surface area contributed by atoms with Gasteiger partial charge in [0.2, 0.25) is 0 Å². The van der Waals surface area contributed by atoms with Gasteiger partial charge >= 0.3 is 0 Å². The summed E-state index contributed by atoms with van der Waals surface area (Å²) in [6, 6.07) is 5.95. The first-order chi connectivity index (χ1) is 9.24. The first-order valence-corrected chi connectivity index (χ1v) is 7.63. The number of nitrogens with one attached hydrogen (secondary N) is 1. The zero-order chi connectivity index (χ0) is 13.2. The Morgan fingerprint density at radius 1 is 1.26 bits per heavy atom. The predicted molar refractivity (Wildman–Crippen MR) is 77.6 cm³/mol. The summed E-state index contributed by atoms with van der Waals surface area (Å²) in [5, 5.41) is 3.38. The maximum Gasteiger partial charge on any atom is 0.137 e. The Kier molecular flexibility index (Phi) is 4.17. The van der Waals surface area contributed by atoms with E-state index in [9.17, 15) is 4.39 Å². The molecule has 2 aliphatic heterocycles. The number of benzene rings is 1. The maximum atomic E-state index is 13.4. The summed E-state index contributed by atoms with van der Waals surface area (Å²) in [5.41, 5.74) is 1.04. The molecule has 0 aromatic heterocycles. The van der Waals surface area contributed by atoms with Gasteiger partial charge in [0.15, 0.2) is 0 Å². The molecule has 0 atom stereocenters. The number of nitrogens with zero attached hydrogens (tertiary/aromatic N) is 2. The van der Waals surface area contributed by atoms with Gasteiger partial charge in [-0.05, 0) is 27.6 Å². The molecule has 0 unspecified atom stereocenters. The van der Waals surface area contributed by atoms with Crippen molar-refractivity contribution in [1.82, 2.24) is 15.1 Å². The minimum atomic E-state index is -0.170. The van der Waals surface area contributed by atoms with E-state index in [4.69, 9.17) is 0 Å². The standard InChI is InChI=1S/C14H19BrFN3/c15-14-11(2-1-3-13(14)16)8-18-9-12(10-18)19-6-4-17-5-7-19/h1-3,12,17H,4-10H2. The summed E-state index contributed by atoms with van der Waals surface area (Å²) in [6.07, 6.45) is 0. The fraction of sp³-hybridized carbons (Fsp3) is 0.571. The SMILES string of the molecule is Fc1cccc(CN2CC(N3CCNCC3)C2)c1Br. The van der Waals surface area contributed by atoms with Crippen molar-refractivity contribution in [2.45, 2.75) is 12.6 Å². The monoisotopic (exact) mass is 327 g/mol. The van der Waals surface area contributed by atoms with Crippen molar-refractivity contribution >= 4 is 15.9 Å². The van der Waals surface area contributed by atoms with Gasteiger partial charge in [-0.3, -0.25) is 9.80 Å². The minimum absolute atomic E-state index is 0.170. The van der Waals surface area contributed by atoms with Gasteiger partial charge in [0, 0.05) is 51.9 Å². The van der Waals surface area contributed by atoms with Gasteiger partial charge < -0.3 is 5.32 Å². The van der Waals surface area contributed by atoms with Crippen LogP contribution in [0.1, 0.15) is 5.56 Å². The molecule has 19 heavy (non-hydrogen) atoms. The molecule has 3 rings (SSSR count). The first-order valence-electron chi connectivity index (χ1n) is 6.84. The highest BCUT2D eigenvalue weighted by molar-refractivity contribution is 9.10. The van der Waals surface area contributed by atoms with E-state index in [1.807, 2.05) is 6.07 Å². The normalized spacial score (nSPS) is 22.4. The molecular formula is C14H19BrFN3. The highest BCUT2D eigenvalue weighted by Gasteiger charge is 2.32. The van der Waals surface area contributed by atoms with E-state index < -0.39 is 0 Å². The molecule has 5 heteroatoms. The molecule has 1 aromatic carbocycles. The fourth-order valence-electron chi connectivity index (χ4n) is 2.86. The molecule has 104 valence electrons. The van der Waals surface area contributed by atoms with Crippen LogP contribution >= 0.6 is 15.9 Å². The highest BCUT2D eigenvalue weighted by Crippen LogP contribution is 2.25. The van der Waals surface area contributed by atoms with Crippen LogP contribution in [-0.2, 0) is 6.54 Å². The third-order valence-electron chi connectivity index (χ3n) is 4.03. The smallest absolute Gasteiger partial charge is 0.137 e. The molecular weight excluding hydrogens is 309 g/mol. The van der Waals surface area contributed by atoms with Gasteiger partial charge in [0.25, 0.3) is 0 Å². The van der Waals surface area contributed by atoms with E-state index >= 15 is 0 Å². The molecule has 0 aliphatic carbocycles. The second kappa shape index (κ2) is 5.87. The largest absolute Gasteiger partial charge is 0.314 e. The Labute approximate surface area is 121 Å². The van der Waals surface area contributed by atoms with Crippen molar-refractivity contribution < 1.29 is 4.39 Å². The molecule has 0 bridgehead atoms. The van der Waals surface area contributed by atoms with Gasteiger partial charge in [0.1, 0.15) is 5.82 Å². The van der Waals surface area contributed by atoms with Crippen LogP contribution < -0.4 is 5.32 Å². The summed E-state index contributed by atoms with van der Waals surface area (Å²) in [5.74, 6) is -0.170. The third-order valence-corrected chi connectivity index (χ3v) is 4.92. The summed E-state index contributed by atoms with van der Waals surface area (Å²) in [4.78, 5) is 4.94. The van der Waals surface area contributed by atoms with Crippen molar-refractivity contribution in [3.8, 4) is 0 Å². The lowest BCUT2D eigenvalue weighted by Gasteiger charge is -2.47. The van der Waals surface area contributed by atoms with Crippen LogP contribution in [0, 0.1) is 5.82 Å². The Hall–Kier alpha value is -0.490. The van der Waals surface area contributed by atoms with Crippen molar-refractivity contribution in [3.05, 3.63) is 34.1 Å². The molecule has 3 nitrogen and oxygen atoms in total. The van der Waals surface area contributed by atoms with Crippen molar-refractivity contribution in [2.24, 2.45) is 0 Å². The Morgan fingerprint density at radius 3 is 2.74 bits per heavy atom. The van der Waals surface area contributed by atoms with Gasteiger partial charge in [-0.25, -0.2) is 4.39 Å². The fourth-order valence-corrected chi connectivity index (χ4v) is 3.25. The van der Waals surface area contributed by atoms with E-state index in [1.165, 1.54) is 6.07 Å². The molecule has 0 spiro atoms. The maximum absolute atomic E-state index is 13.4. The molecule has 2 saturated heterocycles. The van der Waals surface area contributed by atoms with Gasteiger partial charge in [0.05, 0.1) is 4.47 Å². The van der Waals surface area contributed by atoms with Crippen LogP contribution in [-0.4, -0.2) is 55.1 Å². The number of hydrogen-bond donors (Lipinski definition) is 1. The highest BCUT2D eigenvalue weighted by atomic mass is 79.9. The molecule has 2 fully saturated rings. The number of halogens is 2. The second-order valence-corrected chi connectivity index (χ2v) is 6.14. The van der Waals surface area contributed by atoms with E-state index in [0.717, 1.165) is 51.4 Å². The molecule has 2 heterocycles. The van der Waals surface area contributed by atoms with Crippen LogP contribution in [0.15, 0.2) is 22.7 Å². The zero-order valence-electron chi connectivity index (χ0n) is 10.9. The van der Waals surface area contributed by atoms with Crippen LogP contribution in [0.25, 0.3) is 0 Å². The summed E-state index contributed by atoms with van der Waals surface area (Å²) >= 11 is 3.33. The van der Waals surface area contributed by atoms with Crippen LogP contribution in [0.4, 0.5) is 4.39 Å². The Balaban J connectivity index is 1.52. The van der Waals surface area contributed by atoms with E-state index in [0.29, 0.717) is 10.5 Å². The number of hydrogen-bond acceptors (Lipinski definition) is 3. The zero-order valence-corrected chi connectivity index (χ0v) is 12.5. The van der Waals surface area contributed by atoms with Crippen molar-refractivity contribution in [2.75, 3.05) is 39.3 Å². The Bertz CT molecular complexity index is 442. The molecule has 0 amide bonds. The number of likely N-dealkylation sites (tertiary alicyclic amines) is 1. The van der Waals surface area contributed by atoms with Crippen LogP contribution in [0.3, 0.4) is 0 Å². The molecule has 2 aliphatic rings. The van der Waals surface area contributed by atoms with E-state index in [1.54, 1.807) is 6.07 Å². The summed E-state index contributed by atoms with van der Waals surface area (Å²) in [7, 11) is 0. The second-order valence-electron chi connectivity index (χ2n) is 5.35. The van der Waals surface area contributed by atoms with Gasteiger partial charge in [-0.1, -0.05) is 12.1 Å². The molecule has 1 N–H and O–H groups in total. The Morgan fingerprint density at radius 2 is 2.00 bits per heavy atom. The van der Waals surface area contributed by atoms with E-state index in [-0.39, 0.29) is 5.82 Å². The third kappa shape index (κ3) is 2.99. The topological polar surface area (TPSA) is 18.5 Å². The van der Waals surface area contributed by atoms with Gasteiger partial charge in [-0.15, -0.1) is 0 Å². The average Bonchev–Trinajstić information content (AvgIpc) is 2.39. The van der Waals surface area contributed by atoms with Crippen molar-refractivity contribution in [3.63, 3.8) is 0 Å². The number of rotatable bonds is 3. The lowest BCUT2D eigenvalue weighted by molar-refractivity contribution is 0.0221. The molecule has 1 aromatic rings. The first kappa shape index (κ1) is 13.5. The number of piperazine rings is 1. The van der Waals surface area contributed by atoms with Crippen LogP contribution in [0.5, 0.6) is 0 Å². The summed E-state index contributed by atoms with van der Waals surface area (Å²) < 4.78 is 14.1. The molecule has 0 saturated carbocycles. The molecule has 0 radical (unpaired) electrons. The lowest BCUT2D eigenvalue weighted by Crippen LogP contribution is -2.62. The average molecular weight is 328 g/mol. The minimum Gasteiger partial charge on any atom is -0.314 e. The van der Waals surface area contributed by atoms with Crippen molar-refractivity contribution in [1.29, 1.82) is 0 Å². The van der Waals surface area contributed by atoms with E-state index in [2.05, 4.69) is 31.0 Å². The van der Waals surface area contributed by atoms with Crippen LogP contribution in [0.2, 0.25) is 0 Å². The summed E-state index contributed by atoms with van der Waals surface area (Å²) in [6.45, 7) is 7.55.